The fraction of sp³-hybridized carbons (Fsp3) is 0.500. The molecule has 0 bridgehead atoms. The van der Waals surface area contributed by atoms with Crippen LogP contribution in [-0.4, -0.2) is 18.4 Å². The van der Waals surface area contributed by atoms with Gasteiger partial charge in [-0.25, -0.2) is 13.8 Å². The van der Waals surface area contributed by atoms with Gasteiger partial charge >= 0.3 is 0 Å². The maximum Gasteiger partial charge on any atom is 0.255 e. The van der Waals surface area contributed by atoms with Gasteiger partial charge in [0.25, 0.3) is 5.92 Å². The normalized spacial score (nSPS) is 27.7. The Hall–Kier alpha value is -1.39. The molecule has 2 N–H and O–H groups in total. The van der Waals surface area contributed by atoms with Crippen LogP contribution < -0.4 is 5.73 Å². The Morgan fingerprint density at radius 3 is 3.00 bits per heavy atom. The lowest BCUT2D eigenvalue weighted by molar-refractivity contribution is 0.0753. The molecule has 1 aliphatic carbocycles. The quantitative estimate of drug-likeness (QED) is 0.778. The molecule has 0 aromatic carbocycles. The largest absolute Gasteiger partial charge is 0.491 e. The van der Waals surface area contributed by atoms with Gasteiger partial charge in [-0.1, -0.05) is 6.08 Å². The van der Waals surface area contributed by atoms with Crippen LogP contribution in [0, 0.1) is 5.92 Å². The van der Waals surface area contributed by atoms with E-state index >= 15 is 0 Å². The predicted molar refractivity (Wildman–Crippen MR) is 52.5 cm³/mol. The summed E-state index contributed by atoms with van der Waals surface area (Å²) in [6, 6.07) is 0. The molecule has 1 saturated carbocycles. The van der Waals surface area contributed by atoms with Gasteiger partial charge in [-0.15, -0.1) is 0 Å². The van der Waals surface area contributed by atoms with Crippen LogP contribution in [0.3, 0.4) is 0 Å². The van der Waals surface area contributed by atoms with Gasteiger partial charge in [-0.3, -0.25) is 0 Å². The van der Waals surface area contributed by atoms with Crippen LogP contribution in [-0.2, 0) is 4.74 Å². The second-order valence-electron chi connectivity index (χ2n) is 3.73. The molecule has 1 heterocycles. The highest BCUT2D eigenvalue weighted by Crippen LogP contribution is 2.48. The lowest BCUT2D eigenvalue weighted by atomic mass is 10.3. The molecule has 3 nitrogen and oxygen atoms in total. The van der Waals surface area contributed by atoms with Crippen LogP contribution >= 0.6 is 0 Å². The van der Waals surface area contributed by atoms with Crippen molar-refractivity contribution >= 4 is 5.84 Å². The lowest BCUT2D eigenvalue weighted by Gasteiger charge is -2.04. The minimum atomic E-state index is -2.53. The molecular formula is C10H12F2N2O. The zero-order valence-electron chi connectivity index (χ0n) is 8.12. The van der Waals surface area contributed by atoms with Crippen LogP contribution in [0.4, 0.5) is 8.78 Å². The van der Waals surface area contributed by atoms with Gasteiger partial charge in [-0.05, 0) is 6.08 Å². The molecule has 5 heteroatoms. The van der Waals surface area contributed by atoms with Crippen LogP contribution in [0.5, 0.6) is 0 Å². The fourth-order valence-electron chi connectivity index (χ4n) is 1.27. The molecule has 1 unspecified atom stereocenters. The topological polar surface area (TPSA) is 47.6 Å². The van der Waals surface area contributed by atoms with Gasteiger partial charge < -0.3 is 10.5 Å². The SMILES string of the molecule is NC1=NC=C(OCC2CC2(F)F)C=CC1. The Morgan fingerprint density at radius 1 is 1.60 bits per heavy atom. The molecule has 1 fully saturated rings. The molecule has 0 radical (unpaired) electrons. The first-order valence-electron chi connectivity index (χ1n) is 4.77. The molecule has 82 valence electrons. The molecule has 0 saturated heterocycles. The number of alkyl halides is 2. The fourth-order valence-corrected chi connectivity index (χ4v) is 1.27. The second-order valence-corrected chi connectivity index (χ2v) is 3.73. The Labute approximate surface area is 86.3 Å². The molecule has 0 spiro atoms. The van der Waals surface area contributed by atoms with Crippen molar-refractivity contribution in [1.82, 2.24) is 0 Å². The Bertz CT molecular complexity index is 347. The maximum atomic E-state index is 12.5. The van der Waals surface area contributed by atoms with Crippen molar-refractivity contribution in [3.8, 4) is 0 Å². The average molecular weight is 214 g/mol. The zero-order chi connectivity index (χ0) is 10.9. The molecular weight excluding hydrogens is 202 g/mol. The summed E-state index contributed by atoms with van der Waals surface area (Å²) in [4.78, 5) is 3.90. The first-order valence-corrected chi connectivity index (χ1v) is 4.77. The Balaban J connectivity index is 1.85. The second kappa shape index (κ2) is 3.64. The van der Waals surface area contributed by atoms with Crippen molar-refractivity contribution in [2.45, 2.75) is 18.8 Å². The number of ether oxygens (including phenoxy) is 1. The number of rotatable bonds is 3. The van der Waals surface area contributed by atoms with Gasteiger partial charge in [0.1, 0.15) is 11.6 Å². The summed E-state index contributed by atoms with van der Waals surface area (Å²) in [6.07, 6.45) is 5.43. The van der Waals surface area contributed by atoms with Crippen molar-refractivity contribution < 1.29 is 13.5 Å². The summed E-state index contributed by atoms with van der Waals surface area (Å²) in [7, 11) is 0. The van der Waals surface area contributed by atoms with Crippen LogP contribution in [0.25, 0.3) is 0 Å². The summed E-state index contributed by atoms with van der Waals surface area (Å²) in [5, 5.41) is 0. The summed E-state index contributed by atoms with van der Waals surface area (Å²) >= 11 is 0. The van der Waals surface area contributed by atoms with E-state index in [0.717, 1.165) is 0 Å². The molecule has 2 rings (SSSR count). The van der Waals surface area contributed by atoms with Crippen LogP contribution in [0.1, 0.15) is 12.8 Å². The molecule has 15 heavy (non-hydrogen) atoms. The van der Waals surface area contributed by atoms with E-state index in [0.29, 0.717) is 18.0 Å². The monoisotopic (exact) mass is 214 g/mol. The highest BCUT2D eigenvalue weighted by Gasteiger charge is 2.57. The summed E-state index contributed by atoms with van der Waals surface area (Å²) < 4.78 is 30.3. The Morgan fingerprint density at radius 2 is 2.33 bits per heavy atom. The van der Waals surface area contributed by atoms with Gasteiger partial charge in [0.05, 0.1) is 18.7 Å². The number of hydrogen-bond donors (Lipinski definition) is 1. The summed E-state index contributed by atoms with van der Waals surface area (Å²) in [6.45, 7) is 0.0403. The third-order valence-corrected chi connectivity index (χ3v) is 2.37. The third-order valence-electron chi connectivity index (χ3n) is 2.37. The summed E-state index contributed by atoms with van der Waals surface area (Å²) in [5.74, 6) is -2.20. The predicted octanol–water partition coefficient (Wildman–Crippen LogP) is 1.82. The smallest absolute Gasteiger partial charge is 0.255 e. The van der Waals surface area contributed by atoms with E-state index in [-0.39, 0.29) is 13.0 Å². The lowest BCUT2D eigenvalue weighted by Crippen LogP contribution is -2.08. The highest BCUT2D eigenvalue weighted by molar-refractivity contribution is 5.82. The van der Waals surface area contributed by atoms with E-state index in [4.69, 9.17) is 10.5 Å². The maximum absolute atomic E-state index is 12.5. The van der Waals surface area contributed by atoms with E-state index in [9.17, 15) is 8.78 Å². The molecule has 1 atom stereocenters. The van der Waals surface area contributed by atoms with Crippen LogP contribution in [0.15, 0.2) is 29.1 Å². The van der Waals surface area contributed by atoms with E-state index in [2.05, 4.69) is 4.99 Å². The number of nitrogens with two attached hydrogens (primary N) is 1. The van der Waals surface area contributed by atoms with E-state index in [1.54, 1.807) is 12.2 Å². The molecule has 1 aliphatic heterocycles. The summed E-state index contributed by atoms with van der Waals surface area (Å²) in [5.41, 5.74) is 5.49. The number of aliphatic imine (C=N–C) groups is 1. The number of hydrogen-bond acceptors (Lipinski definition) is 3. The van der Waals surface area contributed by atoms with E-state index in [1.165, 1.54) is 6.20 Å². The van der Waals surface area contributed by atoms with Gasteiger partial charge in [0.2, 0.25) is 0 Å². The van der Waals surface area contributed by atoms with Gasteiger partial charge in [-0.2, -0.15) is 0 Å². The first kappa shape index (κ1) is 10.1. The van der Waals surface area contributed by atoms with Crippen molar-refractivity contribution in [1.29, 1.82) is 0 Å². The highest BCUT2D eigenvalue weighted by atomic mass is 19.3. The number of nitrogens with zero attached hydrogens (tertiary/aromatic N) is 1. The van der Waals surface area contributed by atoms with Crippen LogP contribution in [0.2, 0.25) is 0 Å². The van der Waals surface area contributed by atoms with Crippen molar-refractivity contribution in [3.05, 3.63) is 24.1 Å². The third kappa shape index (κ3) is 2.55. The Kier molecular flexibility index (Phi) is 2.46. The average Bonchev–Trinajstić information content (AvgIpc) is 2.82. The number of halogens is 2. The number of amidine groups is 1. The number of allylic oxidation sites excluding steroid dienone is 1. The van der Waals surface area contributed by atoms with Crippen molar-refractivity contribution in [3.63, 3.8) is 0 Å². The molecule has 0 aromatic rings. The van der Waals surface area contributed by atoms with Crippen molar-refractivity contribution in [2.24, 2.45) is 16.6 Å². The molecule has 0 aromatic heterocycles. The van der Waals surface area contributed by atoms with Gasteiger partial charge in [0.15, 0.2) is 0 Å². The molecule has 2 aliphatic rings. The minimum Gasteiger partial charge on any atom is -0.491 e. The standard InChI is InChI=1S/C10H12F2N2O/c11-10(12)4-7(10)6-15-8-2-1-3-9(13)14-5-8/h1-2,5,7H,3-4,6H2,(H2,13,14). The van der Waals surface area contributed by atoms with E-state index in [1.807, 2.05) is 0 Å². The van der Waals surface area contributed by atoms with Gasteiger partial charge in [0, 0.05) is 12.8 Å². The van der Waals surface area contributed by atoms with E-state index < -0.39 is 11.8 Å². The first-order chi connectivity index (χ1) is 7.08. The zero-order valence-corrected chi connectivity index (χ0v) is 8.12. The minimum absolute atomic E-state index is 0.0403. The molecule has 0 amide bonds. The van der Waals surface area contributed by atoms with Crippen molar-refractivity contribution in [2.75, 3.05) is 6.61 Å².